The molecule has 0 spiro atoms. The average molecular weight is 278 g/mol. The van der Waals surface area contributed by atoms with Crippen molar-refractivity contribution >= 4 is 6.03 Å². The van der Waals surface area contributed by atoms with Crippen LogP contribution in [-0.4, -0.2) is 36.4 Å². The molecule has 1 saturated carbocycles. The fourth-order valence-electron chi connectivity index (χ4n) is 2.45. The zero-order valence-corrected chi connectivity index (χ0v) is 12.0. The standard InChI is InChI=1S/C15H22N2O3/c1-15(19)9-12(10-15)17-14(18)16-8-7-11-3-5-13(20-2)6-4-11/h3-6,12,19H,7-10H2,1-2H3,(H2,16,17,18). The third kappa shape index (κ3) is 4.13. The summed E-state index contributed by atoms with van der Waals surface area (Å²) < 4.78 is 5.09. The number of hydrogen-bond acceptors (Lipinski definition) is 3. The molecule has 5 heteroatoms. The monoisotopic (exact) mass is 278 g/mol. The number of nitrogens with one attached hydrogen (secondary N) is 2. The molecule has 2 rings (SSSR count). The van der Waals surface area contributed by atoms with Crippen molar-refractivity contribution < 1.29 is 14.6 Å². The lowest BCUT2D eigenvalue weighted by atomic mass is 9.77. The molecule has 20 heavy (non-hydrogen) atoms. The number of carbonyl (C=O) groups is 1. The predicted octanol–water partition coefficient (Wildman–Crippen LogP) is 1.45. The van der Waals surface area contributed by atoms with Crippen molar-refractivity contribution in [3.8, 4) is 5.75 Å². The summed E-state index contributed by atoms with van der Waals surface area (Å²) in [7, 11) is 1.64. The van der Waals surface area contributed by atoms with Crippen molar-refractivity contribution in [2.75, 3.05) is 13.7 Å². The minimum absolute atomic E-state index is 0.0889. The number of aliphatic hydroxyl groups is 1. The lowest BCUT2D eigenvalue weighted by Gasteiger charge is -2.41. The largest absolute Gasteiger partial charge is 0.497 e. The Morgan fingerprint density at radius 1 is 1.40 bits per heavy atom. The molecule has 5 nitrogen and oxygen atoms in total. The van der Waals surface area contributed by atoms with E-state index in [2.05, 4.69) is 10.6 Å². The van der Waals surface area contributed by atoms with Gasteiger partial charge in [0.15, 0.2) is 0 Å². The summed E-state index contributed by atoms with van der Waals surface area (Å²) >= 11 is 0. The average Bonchev–Trinajstić information content (AvgIpc) is 2.37. The zero-order valence-electron chi connectivity index (χ0n) is 12.0. The van der Waals surface area contributed by atoms with Crippen molar-refractivity contribution in [2.45, 2.75) is 37.8 Å². The Kier molecular flexibility index (Phi) is 4.49. The van der Waals surface area contributed by atoms with Crippen molar-refractivity contribution in [3.63, 3.8) is 0 Å². The van der Waals surface area contributed by atoms with E-state index in [-0.39, 0.29) is 12.1 Å². The van der Waals surface area contributed by atoms with E-state index >= 15 is 0 Å². The van der Waals surface area contributed by atoms with E-state index in [1.807, 2.05) is 24.3 Å². The van der Waals surface area contributed by atoms with Gasteiger partial charge < -0.3 is 20.5 Å². The van der Waals surface area contributed by atoms with Crippen LogP contribution in [0.5, 0.6) is 5.75 Å². The SMILES string of the molecule is COc1ccc(CCNC(=O)NC2CC(C)(O)C2)cc1. The molecule has 2 amide bonds. The number of methoxy groups -OCH3 is 1. The second-order valence-electron chi connectivity index (χ2n) is 5.60. The zero-order chi connectivity index (χ0) is 14.6. The third-order valence-corrected chi connectivity index (χ3v) is 3.57. The summed E-state index contributed by atoms with van der Waals surface area (Å²) in [5.41, 5.74) is 0.541. The molecular formula is C15H22N2O3. The van der Waals surface area contributed by atoms with Gasteiger partial charge in [-0.1, -0.05) is 12.1 Å². The van der Waals surface area contributed by atoms with E-state index in [1.165, 1.54) is 0 Å². The summed E-state index contributed by atoms with van der Waals surface area (Å²) in [4.78, 5) is 11.6. The smallest absolute Gasteiger partial charge is 0.315 e. The molecule has 1 aliphatic carbocycles. The van der Waals surface area contributed by atoms with Crippen LogP contribution in [0.4, 0.5) is 4.79 Å². The molecule has 0 heterocycles. The van der Waals surface area contributed by atoms with Gasteiger partial charge in [-0.25, -0.2) is 4.79 Å². The molecule has 1 aromatic carbocycles. The summed E-state index contributed by atoms with van der Waals surface area (Å²) in [5, 5.41) is 15.3. The molecule has 0 radical (unpaired) electrons. The number of amides is 2. The molecule has 3 N–H and O–H groups in total. The van der Waals surface area contributed by atoms with Gasteiger partial charge in [0, 0.05) is 12.6 Å². The minimum Gasteiger partial charge on any atom is -0.497 e. The molecule has 0 atom stereocenters. The van der Waals surface area contributed by atoms with E-state index in [0.717, 1.165) is 17.7 Å². The molecule has 1 aliphatic rings. The Morgan fingerprint density at radius 3 is 2.60 bits per heavy atom. The van der Waals surface area contributed by atoms with E-state index in [1.54, 1.807) is 14.0 Å². The van der Waals surface area contributed by atoms with E-state index in [0.29, 0.717) is 19.4 Å². The van der Waals surface area contributed by atoms with Gasteiger partial charge in [0.25, 0.3) is 0 Å². The van der Waals surface area contributed by atoms with Crippen molar-refractivity contribution in [1.29, 1.82) is 0 Å². The topological polar surface area (TPSA) is 70.6 Å². The second kappa shape index (κ2) is 6.13. The van der Waals surface area contributed by atoms with Crippen molar-refractivity contribution in [1.82, 2.24) is 10.6 Å². The Hall–Kier alpha value is -1.75. The van der Waals surface area contributed by atoms with E-state index in [4.69, 9.17) is 4.74 Å². The number of hydrogen-bond donors (Lipinski definition) is 3. The molecule has 0 aromatic heterocycles. The molecular weight excluding hydrogens is 256 g/mol. The first-order valence-corrected chi connectivity index (χ1v) is 6.88. The normalized spacial score (nSPS) is 24.6. The fraction of sp³-hybridized carbons (Fsp3) is 0.533. The van der Waals surface area contributed by atoms with Gasteiger partial charge >= 0.3 is 6.03 Å². The molecule has 0 aliphatic heterocycles. The minimum atomic E-state index is -0.610. The Labute approximate surface area is 119 Å². The first kappa shape index (κ1) is 14.7. The summed E-state index contributed by atoms with van der Waals surface area (Å²) in [6.45, 7) is 2.37. The fourth-order valence-corrected chi connectivity index (χ4v) is 2.45. The molecule has 0 bridgehead atoms. The summed E-state index contributed by atoms with van der Waals surface area (Å²) in [6, 6.07) is 7.71. The van der Waals surface area contributed by atoms with Gasteiger partial charge in [0.2, 0.25) is 0 Å². The highest BCUT2D eigenvalue weighted by Gasteiger charge is 2.38. The van der Waals surface area contributed by atoms with Crippen molar-refractivity contribution in [3.05, 3.63) is 29.8 Å². The van der Waals surface area contributed by atoms with Gasteiger partial charge in [-0.3, -0.25) is 0 Å². The van der Waals surface area contributed by atoms with E-state index in [9.17, 15) is 9.90 Å². The maximum atomic E-state index is 11.6. The summed E-state index contributed by atoms with van der Waals surface area (Å²) in [5.74, 6) is 0.830. The lowest BCUT2D eigenvalue weighted by molar-refractivity contribution is -0.0355. The summed E-state index contributed by atoms with van der Waals surface area (Å²) in [6.07, 6.45) is 2.03. The van der Waals surface area contributed by atoms with Crippen LogP contribution in [0.3, 0.4) is 0 Å². The van der Waals surface area contributed by atoms with Crippen LogP contribution in [-0.2, 0) is 6.42 Å². The molecule has 1 aromatic rings. The van der Waals surface area contributed by atoms with Crippen LogP contribution in [0, 0.1) is 0 Å². The van der Waals surface area contributed by atoms with Crippen LogP contribution in [0.25, 0.3) is 0 Å². The van der Waals surface area contributed by atoms with Gasteiger partial charge in [-0.2, -0.15) is 0 Å². The highest BCUT2D eigenvalue weighted by Crippen LogP contribution is 2.31. The Balaban J connectivity index is 1.64. The molecule has 0 saturated heterocycles. The first-order valence-electron chi connectivity index (χ1n) is 6.88. The predicted molar refractivity (Wildman–Crippen MR) is 76.9 cm³/mol. The number of ether oxygens (including phenoxy) is 1. The molecule has 1 fully saturated rings. The third-order valence-electron chi connectivity index (χ3n) is 3.57. The van der Waals surface area contributed by atoms with Crippen LogP contribution in [0.2, 0.25) is 0 Å². The van der Waals surface area contributed by atoms with E-state index < -0.39 is 5.60 Å². The number of urea groups is 1. The Bertz CT molecular complexity index is 449. The van der Waals surface area contributed by atoms with Gasteiger partial charge in [-0.05, 0) is 43.9 Å². The van der Waals surface area contributed by atoms with Crippen LogP contribution in [0.15, 0.2) is 24.3 Å². The van der Waals surface area contributed by atoms with Crippen LogP contribution < -0.4 is 15.4 Å². The highest BCUT2D eigenvalue weighted by molar-refractivity contribution is 5.74. The second-order valence-corrected chi connectivity index (χ2v) is 5.60. The Morgan fingerprint density at radius 2 is 2.05 bits per heavy atom. The first-order chi connectivity index (χ1) is 9.48. The lowest BCUT2D eigenvalue weighted by Crippen LogP contribution is -2.55. The van der Waals surface area contributed by atoms with Crippen LogP contribution >= 0.6 is 0 Å². The molecule has 110 valence electrons. The number of rotatable bonds is 5. The molecule has 0 unspecified atom stereocenters. The van der Waals surface area contributed by atoms with Gasteiger partial charge in [0.1, 0.15) is 5.75 Å². The van der Waals surface area contributed by atoms with Crippen molar-refractivity contribution in [2.24, 2.45) is 0 Å². The number of carbonyl (C=O) groups excluding carboxylic acids is 1. The quantitative estimate of drug-likeness (QED) is 0.763. The number of benzene rings is 1. The maximum absolute atomic E-state index is 11.6. The van der Waals surface area contributed by atoms with Gasteiger partial charge in [0.05, 0.1) is 12.7 Å². The van der Waals surface area contributed by atoms with Gasteiger partial charge in [-0.15, -0.1) is 0 Å². The van der Waals surface area contributed by atoms with Crippen LogP contribution in [0.1, 0.15) is 25.3 Å². The highest BCUT2D eigenvalue weighted by atomic mass is 16.5. The maximum Gasteiger partial charge on any atom is 0.315 e.